The maximum atomic E-state index is 12.5. The van der Waals surface area contributed by atoms with Crippen molar-refractivity contribution in [3.05, 3.63) is 47.5 Å². The largest absolute Gasteiger partial charge is 0.456 e. The maximum absolute atomic E-state index is 12.5. The Labute approximate surface area is 379 Å². The van der Waals surface area contributed by atoms with Crippen LogP contribution in [0.5, 0.6) is 0 Å². The molecule has 1 N–H and O–H groups in total. The molecule has 6 fully saturated rings. The van der Waals surface area contributed by atoms with Gasteiger partial charge < -0.3 is 47.7 Å². The first kappa shape index (κ1) is 47.6. The third-order valence-electron chi connectivity index (χ3n) is 16.6. The number of allylic oxidation sites excluding steroid dienone is 1. The van der Waals surface area contributed by atoms with E-state index in [0.717, 1.165) is 54.9 Å². The van der Waals surface area contributed by atoms with E-state index in [1.807, 2.05) is 30.3 Å². The molecule has 13 heteroatoms. The Bertz CT molecular complexity index is 1820. The van der Waals surface area contributed by atoms with Crippen molar-refractivity contribution in [2.75, 3.05) is 13.2 Å². The second kappa shape index (κ2) is 19.7. The van der Waals surface area contributed by atoms with Crippen LogP contribution in [0, 0.1) is 46.3 Å². The highest BCUT2D eigenvalue weighted by Crippen LogP contribution is 2.67. The molecule has 3 saturated heterocycles. The molecule has 0 aromatic heterocycles. The summed E-state index contributed by atoms with van der Waals surface area (Å²) in [7, 11) is 0. The molecule has 4 aliphatic carbocycles. The molecule has 1 aromatic carbocycles. The van der Waals surface area contributed by atoms with Gasteiger partial charge in [-0.3, -0.25) is 14.4 Å². The van der Waals surface area contributed by atoms with E-state index < -0.39 is 79.5 Å². The second-order valence-corrected chi connectivity index (χ2v) is 21.1. The van der Waals surface area contributed by atoms with E-state index in [9.17, 15) is 19.5 Å². The monoisotopic (exact) mass is 895 g/mol. The topological polar surface area (TPSA) is 155 Å². The van der Waals surface area contributed by atoms with Crippen LogP contribution in [0.1, 0.15) is 138 Å². The lowest BCUT2D eigenvalue weighted by atomic mass is 9.47. The van der Waals surface area contributed by atoms with Crippen molar-refractivity contribution in [2.45, 2.75) is 194 Å². The van der Waals surface area contributed by atoms with Gasteiger partial charge in [0.05, 0.1) is 19.3 Å². The standard InChI is InChI=1S/C51H74O13/c1-28(2)13-12-14-29(3)37-19-20-38-36-18-17-34-25-35(21-23-50(34,7)39(36)22-24-51(37,38)8)61-48-42(55)45(43-41(62-48)27-56-47(63-43)33-15-10-9-11-16-33)64-49-46(60-32(6)54)44(59-31(5)53)40(26-57-49)58-30(4)52/h9-11,15-17,28-29,35-49,55H,12-14,18-27H2,1-8H3/t29-,35+,36+,37-,38+,39+,40-,41-,42-,43-,44+,45-,46-,47-,48-,49+,50+,51-/m1/s1. The summed E-state index contributed by atoms with van der Waals surface area (Å²) < 4.78 is 55.4. The number of aliphatic hydroxyl groups excluding tert-OH is 1. The molecule has 1 aromatic rings. The van der Waals surface area contributed by atoms with Crippen molar-refractivity contribution in [1.29, 1.82) is 0 Å². The molecule has 64 heavy (non-hydrogen) atoms. The molecule has 3 saturated carbocycles. The number of esters is 3. The van der Waals surface area contributed by atoms with Gasteiger partial charge >= 0.3 is 17.9 Å². The Hall–Kier alpha value is -2.91. The number of benzene rings is 1. The molecule has 13 nitrogen and oxygen atoms in total. The summed E-state index contributed by atoms with van der Waals surface area (Å²) in [5.41, 5.74) is 2.77. The Morgan fingerprint density at radius 1 is 0.781 bits per heavy atom. The molecule has 8 rings (SSSR count). The lowest BCUT2D eigenvalue weighted by molar-refractivity contribution is -0.391. The van der Waals surface area contributed by atoms with Crippen LogP contribution < -0.4 is 0 Å². The summed E-state index contributed by atoms with van der Waals surface area (Å²) >= 11 is 0. The molecule has 0 radical (unpaired) electrons. The minimum atomic E-state index is -1.38. The fourth-order valence-electron chi connectivity index (χ4n) is 13.5. The van der Waals surface area contributed by atoms with Gasteiger partial charge in [-0.15, -0.1) is 0 Å². The van der Waals surface area contributed by atoms with Crippen molar-refractivity contribution >= 4 is 17.9 Å². The third kappa shape index (κ3) is 9.74. The number of ether oxygens (including phenoxy) is 9. The zero-order chi connectivity index (χ0) is 45.5. The molecule has 18 atom stereocenters. The van der Waals surface area contributed by atoms with Crippen LogP contribution in [0.25, 0.3) is 0 Å². The number of hydrogen-bond acceptors (Lipinski definition) is 13. The van der Waals surface area contributed by atoms with Gasteiger partial charge in [-0.2, -0.15) is 0 Å². The first-order chi connectivity index (χ1) is 30.5. The summed E-state index contributed by atoms with van der Waals surface area (Å²) in [5.74, 6) is 2.48. The Morgan fingerprint density at radius 2 is 1.52 bits per heavy atom. The molecule has 3 aliphatic heterocycles. The molecule has 3 heterocycles. The molecule has 356 valence electrons. The quantitative estimate of drug-likeness (QED) is 0.115. The average molecular weight is 895 g/mol. The van der Waals surface area contributed by atoms with Gasteiger partial charge in [-0.25, -0.2) is 0 Å². The summed E-state index contributed by atoms with van der Waals surface area (Å²) in [6.07, 6.45) is 4.31. The van der Waals surface area contributed by atoms with Gasteiger partial charge in [0.1, 0.15) is 24.4 Å². The molecule has 0 spiro atoms. The van der Waals surface area contributed by atoms with Crippen LogP contribution in [0.15, 0.2) is 42.0 Å². The fourth-order valence-corrected chi connectivity index (χ4v) is 13.5. The van der Waals surface area contributed by atoms with Gasteiger partial charge in [0.15, 0.2) is 37.2 Å². The van der Waals surface area contributed by atoms with Crippen molar-refractivity contribution in [3.8, 4) is 0 Å². The summed E-state index contributed by atoms with van der Waals surface area (Å²) in [4.78, 5) is 36.9. The highest BCUT2D eigenvalue weighted by molar-refractivity contribution is 5.68. The number of aliphatic hydroxyl groups is 1. The molecular weight excluding hydrogens is 821 g/mol. The number of fused-ring (bicyclic) bond motifs is 6. The van der Waals surface area contributed by atoms with E-state index in [2.05, 4.69) is 40.7 Å². The first-order valence-corrected chi connectivity index (χ1v) is 24.3. The Kier molecular flexibility index (Phi) is 14.7. The van der Waals surface area contributed by atoms with Crippen LogP contribution in [-0.4, -0.2) is 97.6 Å². The van der Waals surface area contributed by atoms with E-state index >= 15 is 0 Å². The van der Waals surface area contributed by atoms with Gasteiger partial charge in [-0.1, -0.05) is 95.9 Å². The zero-order valence-electron chi connectivity index (χ0n) is 39.3. The minimum Gasteiger partial charge on any atom is -0.456 e. The zero-order valence-corrected chi connectivity index (χ0v) is 39.3. The summed E-state index contributed by atoms with van der Waals surface area (Å²) in [5, 5.41) is 12.3. The van der Waals surface area contributed by atoms with E-state index in [-0.39, 0.29) is 24.7 Å². The highest BCUT2D eigenvalue weighted by atomic mass is 16.8. The van der Waals surface area contributed by atoms with E-state index in [1.54, 1.807) is 0 Å². The SMILES string of the molecule is CC(=O)O[C@@H]1[C@@H](OC(C)=O)[C@H](O[C@@H]2[C@@H](O)[C@H](O[C@H]3CC[C@@]4(C)C(=CC[C@H]5[C@@H]6CC[C@H]([C@H](C)CCCC(C)C)[C@@]6(C)CC[C@@H]54)C3)O[C@@H]3CO[C@@H](c4ccccc4)O[C@@H]23)OC[C@H]1OC(C)=O. The Morgan fingerprint density at radius 3 is 2.23 bits per heavy atom. The summed E-state index contributed by atoms with van der Waals surface area (Å²) in [6, 6.07) is 9.44. The van der Waals surface area contributed by atoms with Crippen molar-refractivity contribution < 1.29 is 62.1 Å². The van der Waals surface area contributed by atoms with Crippen LogP contribution in [0.4, 0.5) is 0 Å². The van der Waals surface area contributed by atoms with Crippen molar-refractivity contribution in [1.82, 2.24) is 0 Å². The predicted octanol–water partition coefficient (Wildman–Crippen LogP) is 8.15. The number of carbonyl (C=O) groups is 3. The predicted molar refractivity (Wildman–Crippen MR) is 234 cm³/mol. The van der Waals surface area contributed by atoms with Crippen molar-refractivity contribution in [2.24, 2.45) is 46.3 Å². The normalized spacial score (nSPS) is 42.2. The molecule has 0 amide bonds. The van der Waals surface area contributed by atoms with Gasteiger partial charge in [0.2, 0.25) is 0 Å². The van der Waals surface area contributed by atoms with Gasteiger partial charge in [0, 0.05) is 26.3 Å². The van der Waals surface area contributed by atoms with Crippen LogP contribution in [0.2, 0.25) is 0 Å². The Balaban J connectivity index is 0.988. The smallest absolute Gasteiger partial charge is 0.303 e. The van der Waals surface area contributed by atoms with Gasteiger partial charge in [0.25, 0.3) is 0 Å². The molecular formula is C51H74O13. The van der Waals surface area contributed by atoms with Crippen LogP contribution in [0.3, 0.4) is 0 Å². The van der Waals surface area contributed by atoms with Gasteiger partial charge in [-0.05, 0) is 97.7 Å². The van der Waals surface area contributed by atoms with E-state index in [1.165, 1.54) is 71.3 Å². The van der Waals surface area contributed by atoms with Crippen molar-refractivity contribution in [3.63, 3.8) is 0 Å². The molecule has 0 unspecified atom stereocenters. The minimum absolute atomic E-state index is 0.109. The number of hydrogen-bond donors (Lipinski definition) is 1. The van der Waals surface area contributed by atoms with E-state index in [4.69, 9.17) is 42.6 Å². The third-order valence-corrected chi connectivity index (χ3v) is 16.6. The average Bonchev–Trinajstić information content (AvgIpc) is 3.61. The van der Waals surface area contributed by atoms with Crippen LogP contribution in [-0.2, 0) is 57.0 Å². The maximum Gasteiger partial charge on any atom is 0.303 e. The second-order valence-electron chi connectivity index (χ2n) is 21.1. The van der Waals surface area contributed by atoms with E-state index in [0.29, 0.717) is 17.3 Å². The summed E-state index contributed by atoms with van der Waals surface area (Å²) in [6.45, 7) is 15.9. The van der Waals surface area contributed by atoms with Crippen LogP contribution >= 0.6 is 0 Å². The highest BCUT2D eigenvalue weighted by Gasteiger charge is 2.60. The number of rotatable bonds is 13. The fraction of sp³-hybridized carbons (Fsp3) is 0.784. The molecule has 0 bridgehead atoms. The molecule has 7 aliphatic rings. The lowest BCUT2D eigenvalue weighted by Gasteiger charge is -2.58. The lowest BCUT2D eigenvalue weighted by Crippen LogP contribution is -2.66. The number of carbonyl (C=O) groups excluding carboxylic acids is 3. The first-order valence-electron chi connectivity index (χ1n) is 24.3.